The molecule has 1 aliphatic rings. The Morgan fingerprint density at radius 3 is 2.76 bits per heavy atom. The lowest BCUT2D eigenvalue weighted by atomic mass is 10.1. The Bertz CT molecular complexity index is 1010. The van der Waals surface area contributed by atoms with Gasteiger partial charge in [-0.2, -0.15) is 0 Å². The Morgan fingerprint density at radius 1 is 1.14 bits per heavy atom. The van der Waals surface area contributed by atoms with Crippen molar-refractivity contribution >= 4 is 22.5 Å². The van der Waals surface area contributed by atoms with E-state index in [0.717, 1.165) is 46.5 Å². The van der Waals surface area contributed by atoms with Crippen LogP contribution < -0.4 is 14.8 Å². The summed E-state index contributed by atoms with van der Waals surface area (Å²) in [5.74, 6) is 1.55. The number of benzene rings is 2. The first kappa shape index (κ1) is 19.2. The number of amides is 1. The first-order chi connectivity index (χ1) is 14.2. The molecule has 3 aromatic rings. The molecule has 2 aromatic carbocycles. The van der Waals surface area contributed by atoms with Gasteiger partial charge in [0.25, 0.3) is 0 Å². The minimum atomic E-state index is -0.0323. The van der Waals surface area contributed by atoms with E-state index >= 15 is 0 Å². The highest BCUT2D eigenvalue weighted by atomic mass is 16.5. The number of carbonyl (C=O) groups is 1. The lowest BCUT2D eigenvalue weighted by molar-refractivity contribution is -0.117. The minimum Gasteiger partial charge on any atom is -0.497 e. The second-order valence-electron chi connectivity index (χ2n) is 7.24. The Balaban J connectivity index is 1.50. The SMILES string of the molecule is COc1ccc(OC)c(CN(CC(=O)Nc2cccc3ncccc23)C2CC2)c1. The topological polar surface area (TPSA) is 63.7 Å². The van der Waals surface area contributed by atoms with Crippen LogP contribution in [-0.4, -0.2) is 42.6 Å². The maximum Gasteiger partial charge on any atom is 0.238 e. The van der Waals surface area contributed by atoms with Gasteiger partial charge in [0.1, 0.15) is 11.5 Å². The van der Waals surface area contributed by atoms with Crippen molar-refractivity contribution in [3.8, 4) is 11.5 Å². The summed E-state index contributed by atoms with van der Waals surface area (Å²) in [6, 6.07) is 15.8. The summed E-state index contributed by atoms with van der Waals surface area (Å²) in [4.78, 5) is 19.4. The number of hydrogen-bond acceptors (Lipinski definition) is 5. The second-order valence-corrected chi connectivity index (χ2v) is 7.24. The van der Waals surface area contributed by atoms with Crippen molar-refractivity contribution in [2.24, 2.45) is 0 Å². The first-order valence-electron chi connectivity index (χ1n) is 9.76. The van der Waals surface area contributed by atoms with Crippen LogP contribution in [0.4, 0.5) is 5.69 Å². The Hall–Kier alpha value is -3.12. The van der Waals surface area contributed by atoms with Crippen LogP contribution in [-0.2, 0) is 11.3 Å². The van der Waals surface area contributed by atoms with Gasteiger partial charge in [-0.3, -0.25) is 14.7 Å². The highest BCUT2D eigenvalue weighted by Crippen LogP contribution is 2.32. The van der Waals surface area contributed by atoms with Gasteiger partial charge in [-0.05, 0) is 55.3 Å². The van der Waals surface area contributed by atoms with Crippen molar-refractivity contribution in [2.45, 2.75) is 25.4 Å². The van der Waals surface area contributed by atoms with Gasteiger partial charge in [-0.15, -0.1) is 0 Å². The van der Waals surface area contributed by atoms with Crippen molar-refractivity contribution in [1.82, 2.24) is 9.88 Å². The maximum atomic E-state index is 12.8. The molecule has 29 heavy (non-hydrogen) atoms. The molecule has 1 heterocycles. The van der Waals surface area contributed by atoms with Gasteiger partial charge in [0.05, 0.1) is 32.0 Å². The molecule has 0 atom stereocenters. The van der Waals surface area contributed by atoms with Crippen LogP contribution in [0, 0.1) is 0 Å². The number of nitrogens with zero attached hydrogens (tertiary/aromatic N) is 2. The molecule has 6 heteroatoms. The van der Waals surface area contributed by atoms with E-state index in [2.05, 4.69) is 15.2 Å². The molecule has 0 saturated heterocycles. The third-order valence-electron chi connectivity index (χ3n) is 5.19. The van der Waals surface area contributed by atoms with Crippen LogP contribution in [0.25, 0.3) is 10.9 Å². The van der Waals surface area contributed by atoms with Crippen molar-refractivity contribution < 1.29 is 14.3 Å². The third kappa shape index (κ3) is 4.49. The lowest BCUT2D eigenvalue weighted by Gasteiger charge is -2.23. The molecule has 0 unspecified atom stereocenters. The molecule has 1 N–H and O–H groups in total. The Kier molecular flexibility index (Phi) is 5.62. The first-order valence-corrected chi connectivity index (χ1v) is 9.76. The number of aromatic nitrogens is 1. The molecule has 0 bridgehead atoms. The zero-order valence-corrected chi connectivity index (χ0v) is 16.7. The van der Waals surface area contributed by atoms with Crippen molar-refractivity contribution in [3.63, 3.8) is 0 Å². The number of fused-ring (bicyclic) bond motifs is 1. The van der Waals surface area contributed by atoms with Crippen LogP contribution in [0.5, 0.6) is 11.5 Å². The standard InChI is InChI=1S/C23H25N3O3/c1-28-18-10-11-22(29-2)16(13-18)14-26(17-8-9-17)15-23(27)25-21-7-3-6-20-19(21)5-4-12-24-20/h3-7,10-13,17H,8-9,14-15H2,1-2H3,(H,25,27). The van der Waals surface area contributed by atoms with E-state index in [0.29, 0.717) is 19.1 Å². The third-order valence-corrected chi connectivity index (χ3v) is 5.19. The van der Waals surface area contributed by atoms with Gasteiger partial charge in [0.15, 0.2) is 0 Å². The summed E-state index contributed by atoms with van der Waals surface area (Å²) in [5.41, 5.74) is 2.67. The van der Waals surface area contributed by atoms with Gasteiger partial charge in [-0.1, -0.05) is 6.07 Å². The molecule has 6 nitrogen and oxygen atoms in total. The molecule has 0 spiro atoms. The van der Waals surface area contributed by atoms with E-state index in [1.165, 1.54) is 0 Å². The maximum absolute atomic E-state index is 12.8. The van der Waals surface area contributed by atoms with Gasteiger partial charge >= 0.3 is 0 Å². The molecule has 0 radical (unpaired) electrons. The fourth-order valence-electron chi connectivity index (χ4n) is 3.56. The molecule has 1 fully saturated rings. The van der Waals surface area contributed by atoms with E-state index in [4.69, 9.17) is 9.47 Å². The summed E-state index contributed by atoms with van der Waals surface area (Å²) in [7, 11) is 3.31. The monoisotopic (exact) mass is 391 g/mol. The molecule has 150 valence electrons. The number of ether oxygens (including phenoxy) is 2. The molecular formula is C23H25N3O3. The number of anilines is 1. The van der Waals surface area contributed by atoms with Gasteiger partial charge < -0.3 is 14.8 Å². The minimum absolute atomic E-state index is 0.0323. The molecule has 4 rings (SSSR count). The van der Waals surface area contributed by atoms with Crippen molar-refractivity contribution in [1.29, 1.82) is 0 Å². The average Bonchev–Trinajstić information content (AvgIpc) is 3.59. The number of carbonyl (C=O) groups excluding carboxylic acids is 1. The quantitative estimate of drug-likeness (QED) is 0.632. The number of hydrogen-bond donors (Lipinski definition) is 1. The predicted molar refractivity (Wildman–Crippen MR) is 113 cm³/mol. The molecule has 1 saturated carbocycles. The number of rotatable bonds is 8. The van der Waals surface area contributed by atoms with Gasteiger partial charge in [-0.25, -0.2) is 0 Å². The molecule has 1 aromatic heterocycles. The summed E-state index contributed by atoms with van der Waals surface area (Å²) >= 11 is 0. The zero-order valence-electron chi connectivity index (χ0n) is 16.7. The van der Waals surface area contributed by atoms with E-state index in [1.54, 1.807) is 20.4 Å². The predicted octanol–water partition coefficient (Wildman–Crippen LogP) is 3.86. The zero-order chi connectivity index (χ0) is 20.2. The van der Waals surface area contributed by atoms with Crippen LogP contribution in [0.3, 0.4) is 0 Å². The van der Waals surface area contributed by atoms with Crippen LogP contribution in [0.15, 0.2) is 54.7 Å². The Morgan fingerprint density at radius 2 is 2.00 bits per heavy atom. The number of methoxy groups -OCH3 is 2. The lowest BCUT2D eigenvalue weighted by Crippen LogP contribution is -2.34. The Labute approximate surface area is 170 Å². The van der Waals surface area contributed by atoms with E-state index in [9.17, 15) is 4.79 Å². The smallest absolute Gasteiger partial charge is 0.238 e. The fourth-order valence-corrected chi connectivity index (χ4v) is 3.56. The van der Waals surface area contributed by atoms with E-state index in [-0.39, 0.29) is 5.91 Å². The van der Waals surface area contributed by atoms with E-state index < -0.39 is 0 Å². The van der Waals surface area contributed by atoms with E-state index in [1.807, 2.05) is 48.5 Å². The van der Waals surface area contributed by atoms with Gasteiger partial charge in [0, 0.05) is 29.7 Å². The summed E-state index contributed by atoms with van der Waals surface area (Å²) < 4.78 is 10.9. The van der Waals surface area contributed by atoms with Crippen LogP contribution in [0.1, 0.15) is 18.4 Å². The second kappa shape index (κ2) is 8.49. The van der Waals surface area contributed by atoms with Crippen LogP contribution >= 0.6 is 0 Å². The molecule has 1 aliphatic carbocycles. The van der Waals surface area contributed by atoms with Crippen molar-refractivity contribution in [3.05, 3.63) is 60.3 Å². The normalized spacial score (nSPS) is 13.5. The summed E-state index contributed by atoms with van der Waals surface area (Å²) in [5, 5.41) is 4.00. The fraction of sp³-hybridized carbons (Fsp3) is 0.304. The van der Waals surface area contributed by atoms with Crippen LogP contribution in [0.2, 0.25) is 0 Å². The highest BCUT2D eigenvalue weighted by molar-refractivity contribution is 6.01. The number of pyridine rings is 1. The largest absolute Gasteiger partial charge is 0.497 e. The number of nitrogens with one attached hydrogen (secondary N) is 1. The van der Waals surface area contributed by atoms with Crippen molar-refractivity contribution in [2.75, 3.05) is 26.1 Å². The van der Waals surface area contributed by atoms with Gasteiger partial charge in [0.2, 0.25) is 5.91 Å². The summed E-state index contributed by atoms with van der Waals surface area (Å²) in [6.45, 7) is 0.956. The summed E-state index contributed by atoms with van der Waals surface area (Å²) in [6.07, 6.45) is 3.97. The molecular weight excluding hydrogens is 366 g/mol. The molecule has 1 amide bonds. The highest BCUT2D eigenvalue weighted by Gasteiger charge is 2.31. The molecule has 0 aliphatic heterocycles. The average molecular weight is 391 g/mol.